The van der Waals surface area contributed by atoms with E-state index in [-0.39, 0.29) is 36.8 Å². The highest BCUT2D eigenvalue weighted by Gasteiger charge is 2.36. The van der Waals surface area contributed by atoms with E-state index in [1.165, 1.54) is 11.1 Å². The maximum absolute atomic E-state index is 13.1. The van der Waals surface area contributed by atoms with Gasteiger partial charge >= 0.3 is 12.1 Å². The maximum Gasteiger partial charge on any atom is 0.407 e. The second-order valence-electron chi connectivity index (χ2n) is 9.62. The maximum atomic E-state index is 13.1. The fourth-order valence-corrected chi connectivity index (χ4v) is 5.49. The molecule has 0 aliphatic heterocycles. The Labute approximate surface area is 206 Å². The number of hydrogen-bond donors (Lipinski definition) is 2. The highest BCUT2D eigenvalue weighted by atomic mass is 16.5. The van der Waals surface area contributed by atoms with Crippen LogP contribution in [-0.4, -0.2) is 54.2 Å². The molecule has 7 nitrogen and oxygen atoms in total. The Hall–Kier alpha value is -3.35. The summed E-state index contributed by atoms with van der Waals surface area (Å²) < 4.78 is 5.63. The molecule has 2 N–H and O–H groups in total. The molecule has 2 aliphatic rings. The minimum atomic E-state index is -0.906. The van der Waals surface area contributed by atoms with Gasteiger partial charge in [-0.25, -0.2) is 4.79 Å². The lowest BCUT2D eigenvalue weighted by molar-refractivity contribution is -0.144. The number of nitrogens with one attached hydrogen (secondary N) is 1. The summed E-state index contributed by atoms with van der Waals surface area (Å²) in [6.45, 7) is 4.78. The van der Waals surface area contributed by atoms with E-state index in [2.05, 4.69) is 29.6 Å². The van der Waals surface area contributed by atoms with Crippen molar-refractivity contribution < 1.29 is 24.2 Å². The van der Waals surface area contributed by atoms with Crippen LogP contribution in [0.3, 0.4) is 0 Å². The lowest BCUT2D eigenvalue weighted by Crippen LogP contribution is -2.43. The van der Waals surface area contributed by atoms with Crippen molar-refractivity contribution in [2.24, 2.45) is 17.8 Å². The van der Waals surface area contributed by atoms with Crippen molar-refractivity contribution >= 4 is 18.0 Å². The summed E-state index contributed by atoms with van der Waals surface area (Å²) in [5, 5.41) is 12.1. The normalized spacial score (nSPS) is 19.5. The molecule has 3 atom stereocenters. The molecule has 2 aromatic rings. The highest BCUT2D eigenvalue weighted by Crippen LogP contribution is 2.44. The van der Waals surface area contributed by atoms with Crippen LogP contribution in [0.1, 0.15) is 50.2 Å². The quantitative estimate of drug-likeness (QED) is 0.553. The number of carbonyl (C=O) groups excluding carboxylic acids is 2. The van der Waals surface area contributed by atoms with Crippen molar-refractivity contribution in [2.75, 3.05) is 26.2 Å². The molecule has 7 heteroatoms. The molecule has 0 heterocycles. The van der Waals surface area contributed by atoms with Crippen LogP contribution < -0.4 is 5.32 Å². The van der Waals surface area contributed by atoms with Gasteiger partial charge in [0.05, 0.1) is 5.92 Å². The molecule has 2 aromatic carbocycles. The Kier molecular flexibility index (Phi) is 7.73. The molecule has 0 radical (unpaired) electrons. The van der Waals surface area contributed by atoms with Crippen LogP contribution in [0.25, 0.3) is 11.1 Å². The molecule has 4 rings (SSSR count). The molecule has 1 fully saturated rings. The third-order valence-corrected chi connectivity index (χ3v) is 7.44. The number of fused-ring (bicyclic) bond motifs is 3. The zero-order valence-corrected chi connectivity index (χ0v) is 20.4. The molecule has 1 unspecified atom stereocenters. The molecule has 0 spiro atoms. The van der Waals surface area contributed by atoms with E-state index in [0.29, 0.717) is 13.1 Å². The van der Waals surface area contributed by atoms with Gasteiger partial charge in [-0.05, 0) is 47.9 Å². The monoisotopic (exact) mass is 478 g/mol. The Morgan fingerprint density at radius 1 is 1.06 bits per heavy atom. The summed E-state index contributed by atoms with van der Waals surface area (Å²) in [5.41, 5.74) is 4.70. The molecule has 35 heavy (non-hydrogen) atoms. The Morgan fingerprint density at radius 3 is 2.29 bits per heavy atom. The van der Waals surface area contributed by atoms with Gasteiger partial charge in [0.15, 0.2) is 0 Å². The van der Waals surface area contributed by atoms with Gasteiger partial charge in [-0.15, -0.1) is 0 Å². The van der Waals surface area contributed by atoms with Gasteiger partial charge in [0.1, 0.15) is 6.61 Å². The first-order valence-corrected chi connectivity index (χ1v) is 12.5. The molecule has 186 valence electrons. The summed E-state index contributed by atoms with van der Waals surface area (Å²) in [7, 11) is 0. The molecule has 0 bridgehead atoms. The van der Waals surface area contributed by atoms with Crippen LogP contribution in [0, 0.1) is 17.8 Å². The summed E-state index contributed by atoms with van der Waals surface area (Å²) in [6.07, 6.45) is 2.05. The van der Waals surface area contributed by atoms with Crippen LogP contribution in [0.15, 0.2) is 48.5 Å². The Balaban J connectivity index is 1.32. The van der Waals surface area contributed by atoms with E-state index in [4.69, 9.17) is 4.74 Å². The number of aliphatic carboxylic acids is 1. The van der Waals surface area contributed by atoms with Gasteiger partial charge in [0.25, 0.3) is 0 Å². The van der Waals surface area contributed by atoms with Gasteiger partial charge in [-0.1, -0.05) is 61.9 Å². The van der Waals surface area contributed by atoms with Crippen LogP contribution in [0.5, 0.6) is 0 Å². The molecule has 0 saturated heterocycles. The lowest BCUT2D eigenvalue weighted by atomic mass is 9.94. The van der Waals surface area contributed by atoms with Gasteiger partial charge < -0.3 is 20.1 Å². The smallest absolute Gasteiger partial charge is 0.407 e. The van der Waals surface area contributed by atoms with E-state index in [9.17, 15) is 19.5 Å². The van der Waals surface area contributed by atoms with Crippen LogP contribution in [0.4, 0.5) is 4.79 Å². The van der Waals surface area contributed by atoms with Crippen molar-refractivity contribution in [3.8, 4) is 11.1 Å². The number of carboxylic acid groups (broad SMARTS) is 1. The fourth-order valence-electron chi connectivity index (χ4n) is 5.49. The number of ether oxygens (including phenoxy) is 1. The minimum Gasteiger partial charge on any atom is -0.481 e. The number of benzene rings is 2. The number of hydrogen-bond acceptors (Lipinski definition) is 4. The van der Waals surface area contributed by atoms with Crippen molar-refractivity contribution in [1.29, 1.82) is 0 Å². The highest BCUT2D eigenvalue weighted by molar-refractivity contribution is 5.81. The van der Waals surface area contributed by atoms with E-state index < -0.39 is 18.0 Å². The first-order valence-electron chi connectivity index (χ1n) is 12.5. The molecule has 1 saturated carbocycles. The first-order chi connectivity index (χ1) is 16.9. The minimum absolute atomic E-state index is 0.00305. The van der Waals surface area contributed by atoms with Crippen LogP contribution in [-0.2, 0) is 14.3 Å². The SMILES string of the molecule is CCN(CC(C)C(=O)O)C(=O)[C@@H]1CCC[C@@H]1CNC(=O)OCC1c2ccccc2-c2ccccc21. The molecule has 0 aromatic heterocycles. The van der Waals surface area contributed by atoms with Gasteiger partial charge in [0, 0.05) is 31.5 Å². The third kappa shape index (κ3) is 5.34. The Bertz CT molecular complexity index is 1040. The zero-order valence-electron chi connectivity index (χ0n) is 20.4. The van der Waals surface area contributed by atoms with E-state index in [1.54, 1.807) is 11.8 Å². The number of nitrogens with zero attached hydrogens (tertiary/aromatic N) is 1. The molecular weight excluding hydrogens is 444 g/mol. The molecule has 2 amide bonds. The summed E-state index contributed by atoms with van der Waals surface area (Å²) >= 11 is 0. The van der Waals surface area contributed by atoms with E-state index >= 15 is 0 Å². The average Bonchev–Trinajstić information content (AvgIpc) is 3.46. The van der Waals surface area contributed by atoms with Gasteiger partial charge in [-0.2, -0.15) is 0 Å². The van der Waals surface area contributed by atoms with Crippen molar-refractivity contribution in [1.82, 2.24) is 10.2 Å². The second-order valence-corrected chi connectivity index (χ2v) is 9.62. The standard InChI is InChI=1S/C28H34N2O5/c1-3-30(16-18(2)27(32)33)26(31)20-14-8-9-19(20)15-29-28(34)35-17-25-23-12-6-4-10-21(23)22-11-5-7-13-24(22)25/h4-7,10-13,18-20,25H,3,8-9,14-17H2,1-2H3,(H,29,34)(H,32,33)/t18?,19-,20-/m1/s1. The molecular formula is C28H34N2O5. The first kappa shape index (κ1) is 24.8. The second kappa shape index (κ2) is 10.9. The topological polar surface area (TPSA) is 95.9 Å². The Morgan fingerprint density at radius 2 is 1.69 bits per heavy atom. The number of rotatable bonds is 9. The number of carboxylic acids is 1. The number of carbonyl (C=O) groups is 3. The largest absolute Gasteiger partial charge is 0.481 e. The van der Waals surface area contributed by atoms with Crippen LogP contribution >= 0.6 is 0 Å². The number of amides is 2. The van der Waals surface area contributed by atoms with Crippen molar-refractivity contribution in [3.63, 3.8) is 0 Å². The van der Waals surface area contributed by atoms with Gasteiger partial charge in [-0.3, -0.25) is 9.59 Å². The fraction of sp³-hybridized carbons (Fsp3) is 0.464. The molecule has 2 aliphatic carbocycles. The number of alkyl carbamates (subject to hydrolysis) is 1. The zero-order chi connectivity index (χ0) is 24.9. The summed E-state index contributed by atoms with van der Waals surface area (Å²) in [5.74, 6) is -1.71. The van der Waals surface area contributed by atoms with E-state index in [1.807, 2.05) is 31.2 Å². The summed E-state index contributed by atoms with van der Waals surface area (Å²) in [6, 6.07) is 16.4. The average molecular weight is 479 g/mol. The van der Waals surface area contributed by atoms with Crippen LogP contribution in [0.2, 0.25) is 0 Å². The summed E-state index contributed by atoms with van der Waals surface area (Å²) in [4.78, 5) is 38.5. The van der Waals surface area contributed by atoms with Gasteiger partial charge in [0.2, 0.25) is 5.91 Å². The lowest BCUT2D eigenvalue weighted by Gasteiger charge is -2.28. The van der Waals surface area contributed by atoms with Crippen molar-refractivity contribution in [3.05, 3.63) is 59.7 Å². The third-order valence-electron chi connectivity index (χ3n) is 7.44. The predicted octanol–water partition coefficient (Wildman–Crippen LogP) is 4.51. The van der Waals surface area contributed by atoms with Crippen molar-refractivity contribution in [2.45, 2.75) is 39.0 Å². The van der Waals surface area contributed by atoms with E-state index in [0.717, 1.165) is 30.4 Å². The predicted molar refractivity (Wildman–Crippen MR) is 133 cm³/mol.